The lowest BCUT2D eigenvalue weighted by Gasteiger charge is -2.20. The van der Waals surface area contributed by atoms with Gasteiger partial charge in [-0.2, -0.15) is 0 Å². The van der Waals surface area contributed by atoms with Crippen molar-refractivity contribution in [2.24, 2.45) is 0 Å². The number of nitrogens with one attached hydrogen (secondary N) is 1. The molecule has 2 aromatic carbocycles. The predicted molar refractivity (Wildman–Crippen MR) is 113 cm³/mol. The van der Waals surface area contributed by atoms with Gasteiger partial charge in [0.15, 0.2) is 23.0 Å². The van der Waals surface area contributed by atoms with Crippen LogP contribution in [0.5, 0.6) is 28.7 Å². The van der Waals surface area contributed by atoms with Crippen molar-refractivity contribution >= 4 is 27.5 Å². The normalized spacial score (nSPS) is 12.3. The van der Waals surface area contributed by atoms with E-state index < -0.39 is 0 Å². The number of rotatable bonds is 8. The Morgan fingerprint density at radius 2 is 1.48 bits per heavy atom. The first-order valence-corrected chi connectivity index (χ1v) is 10.3. The van der Waals surface area contributed by atoms with Gasteiger partial charge in [0.05, 0.1) is 25.5 Å². The fraction of sp³-hybridized carbons (Fsp3) is 0.381. The summed E-state index contributed by atoms with van der Waals surface area (Å²) in [5.41, 5.74) is 0.964. The summed E-state index contributed by atoms with van der Waals surface area (Å²) >= 11 is 3.47. The maximum Gasteiger partial charge on any atom is 0.255 e. The van der Waals surface area contributed by atoms with Crippen molar-refractivity contribution in [2.75, 3.05) is 38.4 Å². The summed E-state index contributed by atoms with van der Waals surface area (Å²) in [4.78, 5) is 13.0. The molecule has 1 N–H and O–H groups in total. The molecule has 0 bridgehead atoms. The highest BCUT2D eigenvalue weighted by Gasteiger charge is 2.20. The first-order valence-electron chi connectivity index (χ1n) is 9.54. The van der Waals surface area contributed by atoms with E-state index in [0.29, 0.717) is 77.5 Å². The average molecular weight is 466 g/mol. The average Bonchev–Trinajstić information content (AvgIpc) is 2.71. The summed E-state index contributed by atoms with van der Waals surface area (Å²) in [6.07, 6.45) is 0. The lowest BCUT2D eigenvalue weighted by molar-refractivity contribution is 0.102. The maximum atomic E-state index is 13.0. The summed E-state index contributed by atoms with van der Waals surface area (Å²) in [6, 6.07) is 6.81. The van der Waals surface area contributed by atoms with Crippen molar-refractivity contribution in [3.63, 3.8) is 0 Å². The van der Waals surface area contributed by atoms with E-state index in [1.165, 1.54) is 0 Å². The smallest absolute Gasteiger partial charge is 0.255 e. The Kier molecular flexibility index (Phi) is 7.09. The van der Waals surface area contributed by atoms with Crippen molar-refractivity contribution in [1.82, 2.24) is 0 Å². The van der Waals surface area contributed by atoms with E-state index in [0.717, 1.165) is 0 Å². The summed E-state index contributed by atoms with van der Waals surface area (Å²) in [6.45, 7) is 7.91. The van der Waals surface area contributed by atoms with E-state index in [1.807, 2.05) is 20.8 Å². The molecule has 0 saturated heterocycles. The third kappa shape index (κ3) is 4.87. The second kappa shape index (κ2) is 9.73. The van der Waals surface area contributed by atoms with Gasteiger partial charge >= 0.3 is 0 Å². The Bertz CT molecular complexity index is 859. The van der Waals surface area contributed by atoms with Gasteiger partial charge in [-0.25, -0.2) is 0 Å². The van der Waals surface area contributed by atoms with E-state index in [4.69, 9.17) is 23.7 Å². The molecule has 7 nitrogen and oxygen atoms in total. The third-order valence-electron chi connectivity index (χ3n) is 4.05. The van der Waals surface area contributed by atoms with Crippen LogP contribution in [0.2, 0.25) is 0 Å². The van der Waals surface area contributed by atoms with E-state index in [2.05, 4.69) is 21.2 Å². The molecule has 0 aromatic heterocycles. The van der Waals surface area contributed by atoms with Crippen LogP contribution < -0.4 is 29.0 Å². The molecular weight excluding hydrogens is 442 g/mol. The Balaban J connectivity index is 1.92. The molecule has 29 heavy (non-hydrogen) atoms. The molecule has 3 rings (SSSR count). The number of carbonyl (C=O) groups is 1. The van der Waals surface area contributed by atoms with Gasteiger partial charge in [0.1, 0.15) is 13.2 Å². The summed E-state index contributed by atoms with van der Waals surface area (Å²) in [5, 5.41) is 2.89. The Hall–Kier alpha value is -2.61. The van der Waals surface area contributed by atoms with Crippen LogP contribution in [0.1, 0.15) is 31.1 Å². The van der Waals surface area contributed by atoms with Crippen LogP contribution in [0, 0.1) is 0 Å². The standard InChI is InChI=1S/C21H24BrNO6/c1-4-25-18-9-13(10-19(26-5-2)20(18)27-6-3)21(24)23-15-12-17-16(11-14(15)22)28-7-8-29-17/h9-12H,4-8H2,1-3H3,(H,23,24). The summed E-state index contributed by atoms with van der Waals surface area (Å²) in [5.74, 6) is 2.34. The van der Waals surface area contributed by atoms with Crippen LogP contribution in [0.15, 0.2) is 28.7 Å². The van der Waals surface area contributed by atoms with Gasteiger partial charge < -0.3 is 29.0 Å². The van der Waals surface area contributed by atoms with Crippen LogP contribution in [0.25, 0.3) is 0 Å². The van der Waals surface area contributed by atoms with Crippen molar-refractivity contribution < 1.29 is 28.5 Å². The van der Waals surface area contributed by atoms with Gasteiger partial charge in [-0.3, -0.25) is 4.79 Å². The van der Waals surface area contributed by atoms with Gasteiger partial charge in [-0.15, -0.1) is 0 Å². The molecule has 1 aliphatic rings. The number of hydrogen-bond acceptors (Lipinski definition) is 6. The number of halogens is 1. The Morgan fingerprint density at radius 3 is 2.03 bits per heavy atom. The van der Waals surface area contributed by atoms with Crippen LogP contribution >= 0.6 is 15.9 Å². The molecule has 0 radical (unpaired) electrons. The van der Waals surface area contributed by atoms with E-state index in [-0.39, 0.29) is 5.91 Å². The van der Waals surface area contributed by atoms with Crippen molar-refractivity contribution in [2.45, 2.75) is 20.8 Å². The molecule has 0 aliphatic carbocycles. The third-order valence-corrected chi connectivity index (χ3v) is 4.71. The molecule has 0 atom stereocenters. The second-order valence-corrected chi connectivity index (χ2v) is 6.88. The number of fused-ring (bicyclic) bond motifs is 1. The van der Waals surface area contributed by atoms with Gasteiger partial charge in [0.25, 0.3) is 5.91 Å². The number of hydrogen-bond donors (Lipinski definition) is 1. The monoisotopic (exact) mass is 465 g/mol. The Labute approximate surface area is 178 Å². The molecule has 0 unspecified atom stereocenters. The highest BCUT2D eigenvalue weighted by atomic mass is 79.9. The lowest BCUT2D eigenvalue weighted by atomic mass is 10.1. The minimum Gasteiger partial charge on any atom is -0.490 e. The number of benzene rings is 2. The molecule has 1 aliphatic heterocycles. The van der Waals surface area contributed by atoms with E-state index in [9.17, 15) is 4.79 Å². The first kappa shape index (κ1) is 21.1. The van der Waals surface area contributed by atoms with Gasteiger partial charge in [-0.1, -0.05) is 0 Å². The summed E-state index contributed by atoms with van der Waals surface area (Å²) in [7, 11) is 0. The molecular formula is C21H24BrNO6. The minimum atomic E-state index is -0.313. The topological polar surface area (TPSA) is 75.3 Å². The lowest BCUT2D eigenvalue weighted by Crippen LogP contribution is -2.17. The fourth-order valence-corrected chi connectivity index (χ4v) is 3.30. The van der Waals surface area contributed by atoms with E-state index >= 15 is 0 Å². The number of anilines is 1. The van der Waals surface area contributed by atoms with Crippen LogP contribution in [-0.4, -0.2) is 38.9 Å². The number of ether oxygens (including phenoxy) is 5. The quantitative estimate of drug-likeness (QED) is 0.610. The largest absolute Gasteiger partial charge is 0.490 e. The highest BCUT2D eigenvalue weighted by molar-refractivity contribution is 9.10. The Morgan fingerprint density at radius 1 is 0.931 bits per heavy atom. The van der Waals surface area contributed by atoms with Crippen LogP contribution in [0.4, 0.5) is 5.69 Å². The minimum absolute atomic E-state index is 0.313. The number of carbonyl (C=O) groups excluding carboxylic acids is 1. The van der Waals surface area contributed by atoms with Crippen molar-refractivity contribution in [3.05, 3.63) is 34.3 Å². The van der Waals surface area contributed by atoms with Crippen molar-refractivity contribution in [1.29, 1.82) is 0 Å². The first-order chi connectivity index (χ1) is 14.1. The SMILES string of the molecule is CCOc1cc(C(=O)Nc2cc3c(cc2Br)OCCO3)cc(OCC)c1OCC. The molecule has 2 aromatic rings. The zero-order valence-corrected chi connectivity index (χ0v) is 18.3. The zero-order chi connectivity index (χ0) is 20.8. The number of amides is 1. The van der Waals surface area contributed by atoms with Gasteiger partial charge in [-0.05, 0) is 48.8 Å². The molecule has 156 valence electrons. The fourth-order valence-electron chi connectivity index (χ4n) is 2.87. The predicted octanol–water partition coefficient (Wildman–Crippen LogP) is 4.67. The molecule has 8 heteroatoms. The second-order valence-electron chi connectivity index (χ2n) is 6.03. The molecule has 1 amide bonds. The van der Waals surface area contributed by atoms with Crippen LogP contribution in [-0.2, 0) is 0 Å². The molecule has 0 spiro atoms. The zero-order valence-electron chi connectivity index (χ0n) is 16.7. The van der Waals surface area contributed by atoms with E-state index in [1.54, 1.807) is 24.3 Å². The molecule has 1 heterocycles. The molecule has 0 saturated carbocycles. The van der Waals surface area contributed by atoms with Crippen molar-refractivity contribution in [3.8, 4) is 28.7 Å². The maximum absolute atomic E-state index is 13.0. The van der Waals surface area contributed by atoms with Gasteiger partial charge in [0.2, 0.25) is 5.75 Å². The molecule has 0 fully saturated rings. The summed E-state index contributed by atoms with van der Waals surface area (Å²) < 4.78 is 28.9. The van der Waals surface area contributed by atoms with Gasteiger partial charge in [0, 0.05) is 22.2 Å². The highest BCUT2D eigenvalue weighted by Crippen LogP contribution is 2.41. The van der Waals surface area contributed by atoms with Crippen LogP contribution in [0.3, 0.4) is 0 Å².